The first-order chi connectivity index (χ1) is 9.82. The molecule has 0 bridgehead atoms. The number of methoxy groups -OCH3 is 1. The first-order valence-corrected chi connectivity index (χ1v) is 8.11. The second-order valence-corrected chi connectivity index (χ2v) is 7.10. The number of hydrogen-bond donors (Lipinski definition) is 0. The quantitative estimate of drug-likeness (QED) is 0.769. The van der Waals surface area contributed by atoms with E-state index in [1.165, 1.54) is 13.2 Å². The van der Waals surface area contributed by atoms with Crippen LogP contribution < -0.4 is 0 Å². The van der Waals surface area contributed by atoms with Gasteiger partial charge in [0.05, 0.1) is 18.6 Å². The Balaban J connectivity index is 2.20. The lowest BCUT2D eigenvalue weighted by Gasteiger charge is -2.33. The second-order valence-electron chi connectivity index (χ2n) is 4.87. The molecule has 116 valence electrons. The molecule has 21 heavy (non-hydrogen) atoms. The number of esters is 1. The summed E-state index contributed by atoms with van der Waals surface area (Å²) in [5.74, 6) is -3.00. The zero-order valence-corrected chi connectivity index (χ0v) is 12.2. The molecule has 1 aliphatic heterocycles. The maximum atomic E-state index is 13.2. The predicted molar refractivity (Wildman–Crippen MR) is 71.2 cm³/mol. The minimum absolute atomic E-state index is 0.0792. The van der Waals surface area contributed by atoms with Crippen LogP contribution in [0.1, 0.15) is 5.56 Å². The molecule has 0 aliphatic carbocycles. The summed E-state index contributed by atoms with van der Waals surface area (Å²) in [4.78, 5) is 13.3. The number of sulfone groups is 1. The summed E-state index contributed by atoms with van der Waals surface area (Å²) in [6.07, 6.45) is 0. The van der Waals surface area contributed by atoms with Crippen molar-refractivity contribution in [3.05, 3.63) is 35.4 Å². The van der Waals surface area contributed by atoms with Crippen molar-refractivity contribution in [3.63, 3.8) is 0 Å². The number of benzene rings is 1. The molecular weight excluding hydrogens is 304 g/mol. The van der Waals surface area contributed by atoms with Gasteiger partial charge < -0.3 is 4.74 Å². The molecule has 1 atom stereocenters. The van der Waals surface area contributed by atoms with Gasteiger partial charge in [0, 0.05) is 13.1 Å². The highest BCUT2D eigenvalue weighted by molar-refractivity contribution is 7.91. The smallest absolute Gasteiger partial charge is 0.324 e. The monoisotopic (exact) mass is 319 g/mol. The van der Waals surface area contributed by atoms with E-state index in [1.807, 2.05) is 0 Å². The Hall–Kier alpha value is -1.54. The van der Waals surface area contributed by atoms with Gasteiger partial charge in [-0.15, -0.1) is 0 Å². The van der Waals surface area contributed by atoms with Crippen LogP contribution >= 0.6 is 0 Å². The van der Waals surface area contributed by atoms with Gasteiger partial charge in [0.25, 0.3) is 0 Å². The summed E-state index contributed by atoms with van der Waals surface area (Å²) in [6, 6.07) is 2.50. The highest BCUT2D eigenvalue weighted by atomic mass is 32.2. The Morgan fingerprint density at radius 1 is 1.38 bits per heavy atom. The predicted octanol–water partition coefficient (Wildman–Crippen LogP) is 0.737. The minimum Gasteiger partial charge on any atom is -0.468 e. The van der Waals surface area contributed by atoms with Crippen LogP contribution in [0.3, 0.4) is 0 Å². The highest BCUT2D eigenvalue weighted by Crippen LogP contribution is 2.18. The van der Waals surface area contributed by atoms with Gasteiger partial charge in [-0.3, -0.25) is 9.69 Å². The van der Waals surface area contributed by atoms with E-state index in [4.69, 9.17) is 0 Å². The summed E-state index contributed by atoms with van der Waals surface area (Å²) >= 11 is 0. The number of hydrogen-bond acceptors (Lipinski definition) is 5. The van der Waals surface area contributed by atoms with Crippen LogP contribution in [0.5, 0.6) is 0 Å². The zero-order chi connectivity index (χ0) is 15.6. The third kappa shape index (κ3) is 3.76. The van der Waals surface area contributed by atoms with E-state index in [2.05, 4.69) is 4.74 Å². The summed E-state index contributed by atoms with van der Waals surface area (Å²) in [5, 5.41) is 0. The van der Waals surface area contributed by atoms with E-state index < -0.39 is 33.5 Å². The Morgan fingerprint density at radius 3 is 2.71 bits per heavy atom. The molecular formula is C13H15F2NO4S. The highest BCUT2D eigenvalue weighted by Gasteiger charge is 2.36. The van der Waals surface area contributed by atoms with Crippen molar-refractivity contribution in [1.82, 2.24) is 4.90 Å². The molecule has 0 radical (unpaired) electrons. The van der Waals surface area contributed by atoms with Crippen LogP contribution in [0.4, 0.5) is 8.78 Å². The first kappa shape index (κ1) is 15.8. The molecule has 0 saturated carbocycles. The molecule has 0 N–H and O–H groups in total. The van der Waals surface area contributed by atoms with Gasteiger partial charge in [-0.05, 0) is 17.7 Å². The van der Waals surface area contributed by atoms with Crippen LogP contribution in [0.25, 0.3) is 0 Å². The standard InChI is InChI=1S/C13H15F2NO4S/c1-20-13(17)12-8-21(18,19)5-4-16(12)7-9-2-3-10(14)11(15)6-9/h2-3,6,12H,4-5,7-8H2,1H3. The normalized spacial score (nSPS) is 22.0. The maximum Gasteiger partial charge on any atom is 0.324 e. The number of carbonyl (C=O) groups excluding carboxylic acids is 1. The average molecular weight is 319 g/mol. The molecule has 2 rings (SSSR count). The van der Waals surface area contributed by atoms with E-state index in [1.54, 1.807) is 4.90 Å². The maximum absolute atomic E-state index is 13.2. The van der Waals surface area contributed by atoms with Gasteiger partial charge in [0.1, 0.15) is 6.04 Å². The average Bonchev–Trinajstić information content (AvgIpc) is 2.43. The molecule has 1 unspecified atom stereocenters. The molecule has 1 aromatic carbocycles. The first-order valence-electron chi connectivity index (χ1n) is 6.28. The number of ether oxygens (including phenoxy) is 1. The molecule has 1 aliphatic rings. The number of halogens is 2. The molecule has 0 spiro atoms. The van der Waals surface area contributed by atoms with E-state index in [9.17, 15) is 22.0 Å². The molecule has 0 amide bonds. The number of carbonyl (C=O) groups is 1. The molecule has 1 fully saturated rings. The van der Waals surface area contributed by atoms with Crippen molar-refractivity contribution in [2.75, 3.05) is 25.2 Å². The molecule has 1 saturated heterocycles. The van der Waals surface area contributed by atoms with Gasteiger partial charge in [-0.25, -0.2) is 17.2 Å². The number of nitrogens with zero attached hydrogens (tertiary/aromatic N) is 1. The molecule has 5 nitrogen and oxygen atoms in total. The van der Waals surface area contributed by atoms with Gasteiger partial charge in [-0.2, -0.15) is 0 Å². The van der Waals surface area contributed by atoms with E-state index in [0.29, 0.717) is 5.56 Å². The largest absolute Gasteiger partial charge is 0.468 e. The Kier molecular flexibility index (Phi) is 4.58. The third-order valence-electron chi connectivity index (χ3n) is 3.39. The lowest BCUT2D eigenvalue weighted by Crippen LogP contribution is -2.52. The fraction of sp³-hybridized carbons (Fsp3) is 0.462. The molecule has 8 heteroatoms. The lowest BCUT2D eigenvalue weighted by atomic mass is 10.1. The fourth-order valence-corrected chi connectivity index (χ4v) is 3.76. The van der Waals surface area contributed by atoms with E-state index in [-0.39, 0.29) is 24.6 Å². The summed E-state index contributed by atoms with van der Waals surface area (Å²) in [7, 11) is -2.12. The van der Waals surface area contributed by atoms with Crippen molar-refractivity contribution in [2.24, 2.45) is 0 Å². The van der Waals surface area contributed by atoms with Crippen molar-refractivity contribution >= 4 is 15.8 Å². The van der Waals surface area contributed by atoms with Gasteiger partial charge >= 0.3 is 5.97 Å². The lowest BCUT2D eigenvalue weighted by molar-refractivity contribution is -0.146. The van der Waals surface area contributed by atoms with Crippen molar-refractivity contribution in [1.29, 1.82) is 0 Å². The van der Waals surface area contributed by atoms with Crippen molar-refractivity contribution in [2.45, 2.75) is 12.6 Å². The van der Waals surface area contributed by atoms with Crippen LogP contribution in [0, 0.1) is 11.6 Å². The van der Waals surface area contributed by atoms with Gasteiger partial charge in [0.2, 0.25) is 0 Å². The Labute approximate surface area is 121 Å². The van der Waals surface area contributed by atoms with Crippen LogP contribution in [0.15, 0.2) is 18.2 Å². The summed E-state index contributed by atoms with van der Waals surface area (Å²) in [6.45, 7) is 0.285. The molecule has 1 heterocycles. The van der Waals surface area contributed by atoms with E-state index in [0.717, 1.165) is 12.1 Å². The van der Waals surface area contributed by atoms with Crippen molar-refractivity contribution < 1.29 is 26.7 Å². The molecule has 1 aromatic rings. The van der Waals surface area contributed by atoms with E-state index >= 15 is 0 Å². The van der Waals surface area contributed by atoms with Crippen LogP contribution in [0.2, 0.25) is 0 Å². The Bertz CT molecular complexity index is 648. The van der Waals surface area contributed by atoms with Gasteiger partial charge in [-0.1, -0.05) is 6.07 Å². The summed E-state index contributed by atoms with van der Waals surface area (Å²) < 4.78 is 54.0. The van der Waals surface area contributed by atoms with Gasteiger partial charge in [0.15, 0.2) is 21.5 Å². The Morgan fingerprint density at radius 2 is 2.10 bits per heavy atom. The van der Waals surface area contributed by atoms with Crippen LogP contribution in [-0.2, 0) is 25.9 Å². The topological polar surface area (TPSA) is 63.7 Å². The number of rotatable bonds is 3. The van der Waals surface area contributed by atoms with Crippen molar-refractivity contribution in [3.8, 4) is 0 Å². The fourth-order valence-electron chi connectivity index (χ4n) is 2.26. The second kappa shape index (κ2) is 6.07. The zero-order valence-electron chi connectivity index (χ0n) is 11.4. The molecule has 0 aromatic heterocycles. The third-order valence-corrected chi connectivity index (χ3v) is 5.01. The van der Waals surface area contributed by atoms with Crippen LogP contribution in [-0.4, -0.2) is 50.5 Å². The SMILES string of the molecule is COC(=O)C1CS(=O)(=O)CCN1Cc1ccc(F)c(F)c1. The minimum atomic E-state index is -3.30. The summed E-state index contributed by atoms with van der Waals surface area (Å²) in [5.41, 5.74) is 0.460.